The van der Waals surface area contributed by atoms with Gasteiger partial charge in [-0.1, -0.05) is 12.1 Å². The molecule has 3 rings (SSSR count). The van der Waals surface area contributed by atoms with Crippen molar-refractivity contribution in [3.05, 3.63) is 29.3 Å². The average molecular weight is 288 g/mol. The van der Waals surface area contributed by atoms with Gasteiger partial charge in [-0.15, -0.1) is 0 Å². The number of anilines is 1. The average Bonchev–Trinajstić information content (AvgIpc) is 2.82. The molecule has 4 heteroatoms. The highest BCUT2D eigenvalue weighted by atomic mass is 16.4. The first-order valence-electron chi connectivity index (χ1n) is 7.77. The lowest BCUT2D eigenvalue weighted by Gasteiger charge is -2.28. The summed E-state index contributed by atoms with van der Waals surface area (Å²) in [6.45, 7) is 5.38. The van der Waals surface area contributed by atoms with Gasteiger partial charge in [-0.3, -0.25) is 9.69 Å². The van der Waals surface area contributed by atoms with Crippen molar-refractivity contribution in [1.29, 1.82) is 0 Å². The fourth-order valence-electron chi connectivity index (χ4n) is 3.56. The number of likely N-dealkylation sites (tertiary alicyclic amines) is 1. The summed E-state index contributed by atoms with van der Waals surface area (Å²) in [5.41, 5.74) is 3.51. The van der Waals surface area contributed by atoms with Crippen LogP contribution in [0.1, 0.15) is 30.9 Å². The summed E-state index contributed by atoms with van der Waals surface area (Å²) in [5.74, 6) is -0.669. The van der Waals surface area contributed by atoms with Crippen LogP contribution in [0, 0.1) is 5.41 Å². The van der Waals surface area contributed by atoms with E-state index < -0.39 is 11.4 Å². The van der Waals surface area contributed by atoms with Crippen molar-refractivity contribution in [2.24, 2.45) is 5.41 Å². The van der Waals surface area contributed by atoms with E-state index in [0.717, 1.165) is 32.5 Å². The predicted molar refractivity (Wildman–Crippen MR) is 83.7 cm³/mol. The number of nitrogens with zero attached hydrogens (tertiary/aromatic N) is 2. The number of rotatable bonds is 3. The normalized spacial score (nSPS) is 25.9. The third-order valence-electron chi connectivity index (χ3n) is 4.97. The van der Waals surface area contributed by atoms with Gasteiger partial charge in [-0.2, -0.15) is 0 Å². The van der Waals surface area contributed by atoms with Gasteiger partial charge in [0.15, 0.2) is 0 Å². The molecule has 0 aromatic heterocycles. The molecule has 2 aliphatic rings. The van der Waals surface area contributed by atoms with Crippen LogP contribution >= 0.6 is 0 Å². The molecule has 1 atom stereocenters. The minimum atomic E-state index is -0.669. The van der Waals surface area contributed by atoms with E-state index in [1.165, 1.54) is 23.2 Å². The lowest BCUT2D eigenvalue weighted by atomic mass is 9.90. The summed E-state index contributed by atoms with van der Waals surface area (Å²) in [5, 5.41) is 9.31. The third kappa shape index (κ3) is 2.77. The Hall–Kier alpha value is -1.55. The zero-order valence-corrected chi connectivity index (χ0v) is 12.9. The van der Waals surface area contributed by atoms with Crippen molar-refractivity contribution in [2.45, 2.75) is 32.7 Å². The van der Waals surface area contributed by atoms with Crippen LogP contribution in [0.15, 0.2) is 18.2 Å². The Morgan fingerprint density at radius 2 is 2.19 bits per heavy atom. The molecule has 4 nitrogen and oxygen atoms in total. The second-order valence-electron chi connectivity index (χ2n) is 6.81. The maximum Gasteiger partial charge on any atom is 0.310 e. The maximum atomic E-state index is 11.3. The molecule has 1 N–H and O–H groups in total. The first-order chi connectivity index (χ1) is 9.98. The van der Waals surface area contributed by atoms with Gasteiger partial charge in [-0.25, -0.2) is 0 Å². The fraction of sp³-hybridized carbons (Fsp3) is 0.588. The van der Waals surface area contributed by atoms with Crippen molar-refractivity contribution in [1.82, 2.24) is 4.90 Å². The monoisotopic (exact) mass is 288 g/mol. The van der Waals surface area contributed by atoms with Gasteiger partial charge in [0.2, 0.25) is 0 Å². The molecule has 0 bridgehead atoms. The van der Waals surface area contributed by atoms with Crippen LogP contribution in [-0.2, 0) is 17.8 Å². The van der Waals surface area contributed by atoms with E-state index in [2.05, 4.69) is 35.0 Å². The SMILES string of the molecule is CN1CCCc2cc(CN3CCC(C)(C(=O)O)C3)ccc21. The number of hydrogen-bond donors (Lipinski definition) is 1. The molecular weight excluding hydrogens is 264 g/mol. The zero-order chi connectivity index (χ0) is 15.0. The quantitative estimate of drug-likeness (QED) is 0.927. The van der Waals surface area contributed by atoms with Crippen LogP contribution < -0.4 is 4.90 Å². The van der Waals surface area contributed by atoms with E-state index in [4.69, 9.17) is 0 Å². The molecule has 1 fully saturated rings. The standard InChI is InChI=1S/C17H24N2O2/c1-17(16(20)21)7-9-19(12-17)11-13-5-6-15-14(10-13)4-3-8-18(15)2/h5-6,10H,3-4,7-9,11-12H2,1-2H3,(H,20,21). The number of carboxylic acid groups (broad SMARTS) is 1. The van der Waals surface area contributed by atoms with Gasteiger partial charge in [0.05, 0.1) is 5.41 Å². The summed E-state index contributed by atoms with van der Waals surface area (Å²) in [4.78, 5) is 15.9. The van der Waals surface area contributed by atoms with Crippen LogP contribution in [-0.4, -0.2) is 42.7 Å². The molecule has 21 heavy (non-hydrogen) atoms. The molecule has 1 unspecified atom stereocenters. The Balaban J connectivity index is 1.71. The first-order valence-corrected chi connectivity index (χ1v) is 7.77. The van der Waals surface area contributed by atoms with E-state index in [1.54, 1.807) is 0 Å². The highest BCUT2D eigenvalue weighted by Crippen LogP contribution is 2.32. The highest BCUT2D eigenvalue weighted by Gasteiger charge is 2.40. The van der Waals surface area contributed by atoms with Gasteiger partial charge in [0.1, 0.15) is 0 Å². The third-order valence-corrected chi connectivity index (χ3v) is 4.97. The van der Waals surface area contributed by atoms with E-state index >= 15 is 0 Å². The van der Waals surface area contributed by atoms with Gasteiger partial charge >= 0.3 is 5.97 Å². The van der Waals surface area contributed by atoms with Crippen LogP contribution in [0.5, 0.6) is 0 Å². The van der Waals surface area contributed by atoms with Crippen LogP contribution in [0.25, 0.3) is 0 Å². The summed E-state index contributed by atoms with van der Waals surface area (Å²) in [7, 11) is 2.15. The number of benzene rings is 1. The smallest absolute Gasteiger partial charge is 0.310 e. The van der Waals surface area contributed by atoms with Gasteiger partial charge in [0.25, 0.3) is 0 Å². The second-order valence-corrected chi connectivity index (χ2v) is 6.81. The van der Waals surface area contributed by atoms with E-state index in [9.17, 15) is 9.90 Å². The first kappa shape index (κ1) is 14.4. The summed E-state index contributed by atoms with van der Waals surface area (Å²) in [6.07, 6.45) is 3.12. The highest BCUT2D eigenvalue weighted by molar-refractivity contribution is 5.74. The maximum absolute atomic E-state index is 11.3. The Morgan fingerprint density at radius 1 is 1.38 bits per heavy atom. The molecule has 0 spiro atoms. The zero-order valence-electron chi connectivity index (χ0n) is 12.9. The number of carbonyl (C=O) groups is 1. The lowest BCUT2D eigenvalue weighted by molar-refractivity contribution is -0.147. The molecule has 1 saturated heterocycles. The van der Waals surface area contributed by atoms with E-state index in [0.29, 0.717) is 6.54 Å². The molecule has 114 valence electrons. The number of carboxylic acids is 1. The predicted octanol–water partition coefficient (Wildman–Crippen LogP) is 2.37. The molecule has 0 aliphatic carbocycles. The Bertz CT molecular complexity index is 558. The van der Waals surface area contributed by atoms with Crippen molar-refractivity contribution in [3.8, 4) is 0 Å². The summed E-state index contributed by atoms with van der Waals surface area (Å²) < 4.78 is 0. The molecular formula is C17H24N2O2. The Morgan fingerprint density at radius 3 is 2.90 bits per heavy atom. The largest absolute Gasteiger partial charge is 0.481 e. The van der Waals surface area contributed by atoms with Crippen molar-refractivity contribution < 1.29 is 9.90 Å². The number of aliphatic carboxylic acids is 1. The molecule has 0 amide bonds. The van der Waals surface area contributed by atoms with E-state index in [-0.39, 0.29) is 0 Å². The minimum Gasteiger partial charge on any atom is -0.481 e. The van der Waals surface area contributed by atoms with Gasteiger partial charge in [0, 0.05) is 32.4 Å². The van der Waals surface area contributed by atoms with Gasteiger partial charge < -0.3 is 10.0 Å². The van der Waals surface area contributed by atoms with Crippen LogP contribution in [0.2, 0.25) is 0 Å². The molecule has 2 heterocycles. The van der Waals surface area contributed by atoms with Crippen molar-refractivity contribution in [3.63, 3.8) is 0 Å². The number of hydrogen-bond acceptors (Lipinski definition) is 3. The molecule has 0 radical (unpaired) electrons. The Labute approximate surface area is 126 Å². The number of aryl methyl sites for hydroxylation is 1. The molecule has 2 aliphatic heterocycles. The Kier molecular flexibility index (Phi) is 3.66. The van der Waals surface area contributed by atoms with Crippen molar-refractivity contribution in [2.75, 3.05) is 31.6 Å². The number of fused-ring (bicyclic) bond motifs is 1. The molecule has 1 aromatic carbocycles. The summed E-state index contributed by atoms with van der Waals surface area (Å²) >= 11 is 0. The lowest BCUT2D eigenvalue weighted by Crippen LogP contribution is -2.31. The van der Waals surface area contributed by atoms with Crippen LogP contribution in [0.3, 0.4) is 0 Å². The minimum absolute atomic E-state index is 0.575. The molecule has 1 aromatic rings. The van der Waals surface area contributed by atoms with Crippen molar-refractivity contribution >= 4 is 11.7 Å². The topological polar surface area (TPSA) is 43.8 Å². The van der Waals surface area contributed by atoms with Crippen LogP contribution in [0.4, 0.5) is 5.69 Å². The fourth-order valence-corrected chi connectivity index (χ4v) is 3.56. The van der Waals surface area contributed by atoms with Gasteiger partial charge in [-0.05, 0) is 49.9 Å². The van der Waals surface area contributed by atoms with E-state index in [1.807, 2.05) is 6.92 Å². The molecule has 0 saturated carbocycles. The summed E-state index contributed by atoms with van der Waals surface area (Å²) in [6, 6.07) is 6.72. The second kappa shape index (κ2) is 5.34.